The van der Waals surface area contributed by atoms with Gasteiger partial charge in [-0.25, -0.2) is 9.78 Å². The Morgan fingerprint density at radius 1 is 1.28 bits per heavy atom. The number of hydrogen-bond acceptors (Lipinski definition) is 6. The number of fused-ring (bicyclic) bond motifs is 1. The van der Waals surface area contributed by atoms with Crippen molar-refractivity contribution in [2.45, 2.75) is 19.5 Å². The molecule has 2 aromatic rings. The summed E-state index contributed by atoms with van der Waals surface area (Å²) in [6, 6.07) is 3.84. The number of rotatable bonds is 4. The first kappa shape index (κ1) is 16.1. The van der Waals surface area contributed by atoms with Gasteiger partial charge in [0.1, 0.15) is 17.1 Å². The van der Waals surface area contributed by atoms with Crippen LogP contribution in [0.2, 0.25) is 0 Å². The van der Waals surface area contributed by atoms with E-state index in [-0.39, 0.29) is 0 Å². The maximum atomic E-state index is 11.9. The van der Waals surface area contributed by atoms with Crippen LogP contribution in [0.25, 0.3) is 0 Å². The van der Waals surface area contributed by atoms with Crippen LogP contribution in [0.4, 0.5) is 5.82 Å². The molecule has 4 heterocycles. The van der Waals surface area contributed by atoms with E-state index in [4.69, 9.17) is 9.15 Å². The van der Waals surface area contributed by atoms with E-state index in [1.54, 1.807) is 6.26 Å². The molecule has 0 unspecified atom stereocenters. The van der Waals surface area contributed by atoms with Gasteiger partial charge in [-0.3, -0.25) is 4.90 Å². The van der Waals surface area contributed by atoms with Crippen molar-refractivity contribution < 1.29 is 19.1 Å². The molecule has 0 atom stereocenters. The zero-order chi connectivity index (χ0) is 17.2. The van der Waals surface area contributed by atoms with E-state index < -0.39 is 5.97 Å². The SMILES string of the molecule is O=C(O)c1c(N2CCOCC2)ncc2c1CCN(Cc1ccco1)C2. The average molecular weight is 343 g/mol. The molecule has 0 amide bonds. The Morgan fingerprint density at radius 3 is 2.84 bits per heavy atom. The summed E-state index contributed by atoms with van der Waals surface area (Å²) in [6.07, 6.45) is 4.21. The summed E-state index contributed by atoms with van der Waals surface area (Å²) in [6.45, 7) is 4.78. The second kappa shape index (κ2) is 6.85. The van der Waals surface area contributed by atoms with Gasteiger partial charge in [0.15, 0.2) is 0 Å². The number of carboxylic acid groups (broad SMARTS) is 1. The highest BCUT2D eigenvalue weighted by Crippen LogP contribution is 2.29. The molecule has 0 aliphatic carbocycles. The highest BCUT2D eigenvalue weighted by molar-refractivity contribution is 5.95. The maximum absolute atomic E-state index is 11.9. The molecule has 1 saturated heterocycles. The largest absolute Gasteiger partial charge is 0.478 e. The fourth-order valence-corrected chi connectivity index (χ4v) is 3.59. The van der Waals surface area contributed by atoms with Crippen LogP contribution in [-0.4, -0.2) is 53.8 Å². The Kier molecular flexibility index (Phi) is 4.42. The summed E-state index contributed by atoms with van der Waals surface area (Å²) in [5, 5.41) is 9.80. The van der Waals surface area contributed by atoms with Gasteiger partial charge in [-0.15, -0.1) is 0 Å². The molecular weight excluding hydrogens is 322 g/mol. The van der Waals surface area contributed by atoms with Gasteiger partial charge in [0, 0.05) is 32.4 Å². The van der Waals surface area contributed by atoms with Crippen molar-refractivity contribution in [1.82, 2.24) is 9.88 Å². The summed E-state index contributed by atoms with van der Waals surface area (Å²) in [4.78, 5) is 20.7. The molecule has 2 aromatic heterocycles. The molecular formula is C18H21N3O4. The molecule has 4 rings (SSSR count). The van der Waals surface area contributed by atoms with Gasteiger partial charge in [0.25, 0.3) is 0 Å². The fourth-order valence-electron chi connectivity index (χ4n) is 3.59. The number of aromatic carboxylic acids is 1. The normalized spacial score (nSPS) is 18.2. The van der Waals surface area contributed by atoms with Crippen LogP contribution in [0.5, 0.6) is 0 Å². The summed E-state index contributed by atoms with van der Waals surface area (Å²) in [5.74, 6) is 0.596. The van der Waals surface area contributed by atoms with E-state index in [1.165, 1.54) is 0 Å². The molecule has 2 aliphatic rings. The van der Waals surface area contributed by atoms with E-state index in [0.29, 0.717) is 50.7 Å². The summed E-state index contributed by atoms with van der Waals surface area (Å²) in [7, 11) is 0. The lowest BCUT2D eigenvalue weighted by Crippen LogP contribution is -2.39. The van der Waals surface area contributed by atoms with E-state index in [1.807, 2.05) is 23.2 Å². The Labute approximate surface area is 145 Å². The third-order valence-electron chi connectivity index (χ3n) is 4.81. The van der Waals surface area contributed by atoms with Crippen LogP contribution in [0, 0.1) is 0 Å². The van der Waals surface area contributed by atoms with Gasteiger partial charge < -0.3 is 19.2 Å². The zero-order valence-corrected chi connectivity index (χ0v) is 14.0. The number of anilines is 1. The van der Waals surface area contributed by atoms with Crippen molar-refractivity contribution in [3.63, 3.8) is 0 Å². The van der Waals surface area contributed by atoms with Crippen LogP contribution in [0.3, 0.4) is 0 Å². The number of nitrogens with zero attached hydrogens (tertiary/aromatic N) is 3. The first-order valence-electron chi connectivity index (χ1n) is 8.54. The summed E-state index contributed by atoms with van der Waals surface area (Å²) < 4.78 is 10.8. The van der Waals surface area contributed by atoms with E-state index in [2.05, 4.69) is 9.88 Å². The number of pyridine rings is 1. The lowest BCUT2D eigenvalue weighted by molar-refractivity contribution is 0.0693. The van der Waals surface area contributed by atoms with Crippen molar-refractivity contribution >= 4 is 11.8 Å². The van der Waals surface area contributed by atoms with Gasteiger partial charge >= 0.3 is 5.97 Å². The minimum atomic E-state index is -0.898. The predicted molar refractivity (Wildman–Crippen MR) is 90.8 cm³/mol. The number of morpholine rings is 1. The Morgan fingerprint density at radius 2 is 2.12 bits per heavy atom. The smallest absolute Gasteiger partial charge is 0.339 e. The van der Waals surface area contributed by atoms with E-state index in [0.717, 1.165) is 30.0 Å². The summed E-state index contributed by atoms with van der Waals surface area (Å²) in [5.41, 5.74) is 2.27. The molecule has 0 aromatic carbocycles. The molecule has 0 radical (unpaired) electrons. The zero-order valence-electron chi connectivity index (χ0n) is 14.0. The van der Waals surface area contributed by atoms with Crippen LogP contribution in [-0.2, 0) is 24.2 Å². The number of aromatic nitrogens is 1. The van der Waals surface area contributed by atoms with Crippen LogP contribution < -0.4 is 4.90 Å². The highest BCUT2D eigenvalue weighted by atomic mass is 16.5. The number of hydrogen-bond donors (Lipinski definition) is 1. The van der Waals surface area contributed by atoms with E-state index >= 15 is 0 Å². The highest BCUT2D eigenvalue weighted by Gasteiger charge is 2.28. The Hall–Kier alpha value is -2.38. The molecule has 1 fully saturated rings. The van der Waals surface area contributed by atoms with Crippen molar-refractivity contribution in [2.75, 3.05) is 37.7 Å². The number of carbonyl (C=O) groups is 1. The molecule has 2 aliphatic heterocycles. The van der Waals surface area contributed by atoms with Gasteiger partial charge in [-0.1, -0.05) is 0 Å². The monoisotopic (exact) mass is 343 g/mol. The van der Waals surface area contributed by atoms with Crippen molar-refractivity contribution in [3.8, 4) is 0 Å². The Bertz CT molecular complexity index is 754. The lowest BCUT2D eigenvalue weighted by Gasteiger charge is -2.33. The van der Waals surface area contributed by atoms with E-state index in [9.17, 15) is 9.90 Å². The maximum Gasteiger partial charge on any atom is 0.339 e. The molecule has 0 spiro atoms. The van der Waals surface area contributed by atoms with Crippen molar-refractivity contribution in [3.05, 3.63) is 47.0 Å². The first-order chi connectivity index (χ1) is 12.2. The van der Waals surface area contributed by atoms with Crippen LogP contribution >= 0.6 is 0 Å². The standard InChI is InChI=1S/C18H21N3O4/c22-18(23)16-15-3-4-20(12-14-2-1-7-25-14)11-13(15)10-19-17(16)21-5-8-24-9-6-21/h1-2,7,10H,3-6,8-9,11-12H2,(H,22,23). The molecule has 1 N–H and O–H groups in total. The van der Waals surface area contributed by atoms with Gasteiger partial charge in [-0.05, 0) is 29.7 Å². The van der Waals surface area contributed by atoms with Crippen molar-refractivity contribution in [2.24, 2.45) is 0 Å². The average Bonchev–Trinajstić information content (AvgIpc) is 3.14. The minimum Gasteiger partial charge on any atom is -0.478 e. The topological polar surface area (TPSA) is 79.0 Å². The second-order valence-corrected chi connectivity index (χ2v) is 6.41. The molecule has 0 saturated carbocycles. The minimum absolute atomic E-state index is 0.358. The number of furan rings is 1. The van der Waals surface area contributed by atoms with Gasteiger partial charge in [0.2, 0.25) is 0 Å². The number of ether oxygens (including phenoxy) is 1. The third kappa shape index (κ3) is 3.25. The molecule has 0 bridgehead atoms. The first-order valence-corrected chi connectivity index (χ1v) is 8.54. The lowest BCUT2D eigenvalue weighted by atomic mass is 9.95. The quantitative estimate of drug-likeness (QED) is 0.906. The summed E-state index contributed by atoms with van der Waals surface area (Å²) >= 11 is 0. The van der Waals surface area contributed by atoms with Gasteiger partial charge in [-0.2, -0.15) is 0 Å². The molecule has 132 valence electrons. The van der Waals surface area contributed by atoms with Crippen molar-refractivity contribution in [1.29, 1.82) is 0 Å². The van der Waals surface area contributed by atoms with Crippen LogP contribution in [0.15, 0.2) is 29.0 Å². The molecule has 7 heteroatoms. The Balaban J connectivity index is 1.61. The third-order valence-corrected chi connectivity index (χ3v) is 4.81. The fraction of sp³-hybridized carbons (Fsp3) is 0.444. The molecule has 25 heavy (non-hydrogen) atoms. The predicted octanol–water partition coefficient (Wildman–Crippen LogP) is 1.77. The molecule has 7 nitrogen and oxygen atoms in total. The van der Waals surface area contributed by atoms with Crippen LogP contribution in [0.1, 0.15) is 27.2 Å². The number of carboxylic acids is 1. The second-order valence-electron chi connectivity index (χ2n) is 6.41. The van der Waals surface area contributed by atoms with Gasteiger partial charge in [0.05, 0.1) is 26.0 Å².